The Morgan fingerprint density at radius 3 is 2.59 bits per heavy atom. The lowest BCUT2D eigenvalue weighted by atomic mass is 9.83. The number of fused-ring (bicyclic) bond motifs is 1. The van der Waals surface area contributed by atoms with Crippen molar-refractivity contribution < 1.29 is 29.6 Å². The summed E-state index contributed by atoms with van der Waals surface area (Å²) in [6.07, 6.45) is 8.26. The second kappa shape index (κ2) is 9.81. The minimum absolute atomic E-state index is 0.0264. The molecule has 2 atom stereocenters. The minimum Gasteiger partial charge on any atom is -0.511 e. The number of rotatable bonds is 7. The number of methoxy groups -OCH3 is 1. The molecule has 0 radical (unpaired) electrons. The lowest BCUT2D eigenvalue weighted by molar-refractivity contribution is -0.121. The van der Waals surface area contributed by atoms with Crippen LogP contribution in [-0.4, -0.2) is 34.3 Å². The van der Waals surface area contributed by atoms with Crippen molar-refractivity contribution in [1.29, 1.82) is 0 Å². The van der Waals surface area contributed by atoms with Crippen molar-refractivity contribution in [1.82, 2.24) is 0 Å². The van der Waals surface area contributed by atoms with Gasteiger partial charge in [-0.2, -0.15) is 0 Å². The molecule has 0 bridgehead atoms. The molecule has 2 unspecified atom stereocenters. The number of ketones is 1. The molecule has 3 rings (SSSR count). The quantitative estimate of drug-likeness (QED) is 0.474. The number of phenolic OH excluding ortho intramolecular Hbond substituents is 1. The summed E-state index contributed by atoms with van der Waals surface area (Å²) in [4.78, 5) is 12.9. The monoisotopic (exact) mass is 438 g/mol. The van der Waals surface area contributed by atoms with E-state index in [1.54, 1.807) is 12.1 Å². The summed E-state index contributed by atoms with van der Waals surface area (Å²) in [6.45, 7) is 6.13. The minimum atomic E-state index is -0.900. The molecule has 170 valence electrons. The highest BCUT2D eigenvalue weighted by molar-refractivity contribution is 6.01. The van der Waals surface area contributed by atoms with Gasteiger partial charge in [0.25, 0.3) is 0 Å². The summed E-state index contributed by atoms with van der Waals surface area (Å²) in [5.41, 5.74) is 3.30. The molecule has 0 spiro atoms. The van der Waals surface area contributed by atoms with Gasteiger partial charge in [0.05, 0.1) is 7.11 Å². The fourth-order valence-electron chi connectivity index (χ4n) is 3.78. The van der Waals surface area contributed by atoms with Crippen molar-refractivity contribution in [2.45, 2.75) is 46.1 Å². The summed E-state index contributed by atoms with van der Waals surface area (Å²) in [5, 5.41) is 31.1. The lowest BCUT2D eigenvalue weighted by Gasteiger charge is -2.33. The van der Waals surface area contributed by atoms with Gasteiger partial charge in [-0.3, -0.25) is 4.79 Å². The predicted octanol–water partition coefficient (Wildman–Crippen LogP) is 5.68. The average Bonchev–Trinajstić information content (AvgIpc) is 2.73. The van der Waals surface area contributed by atoms with E-state index in [4.69, 9.17) is 9.47 Å². The summed E-state index contributed by atoms with van der Waals surface area (Å²) in [7, 11) is 1.43. The molecule has 1 aliphatic heterocycles. The Balaban J connectivity index is 1.81. The van der Waals surface area contributed by atoms with Crippen LogP contribution in [-0.2, 0) is 9.53 Å². The van der Waals surface area contributed by atoms with Crippen LogP contribution in [0.1, 0.15) is 45.6 Å². The Bertz CT molecular complexity index is 1050. The highest BCUT2D eigenvalue weighted by atomic mass is 16.5. The first-order chi connectivity index (χ1) is 15.2. The zero-order chi connectivity index (χ0) is 23.4. The van der Waals surface area contributed by atoms with Gasteiger partial charge in [-0.05, 0) is 64.3 Å². The fourth-order valence-corrected chi connectivity index (χ4v) is 3.78. The summed E-state index contributed by atoms with van der Waals surface area (Å²) >= 11 is 0. The smallest absolute Gasteiger partial charge is 0.174 e. The third kappa shape index (κ3) is 5.07. The van der Waals surface area contributed by atoms with Crippen molar-refractivity contribution in [2.24, 2.45) is 5.92 Å². The van der Waals surface area contributed by atoms with Gasteiger partial charge < -0.3 is 24.8 Å². The molecule has 3 N–H and O–H groups in total. The summed E-state index contributed by atoms with van der Waals surface area (Å²) in [5.74, 6) is -0.956. The van der Waals surface area contributed by atoms with Crippen LogP contribution in [0.2, 0.25) is 0 Å². The average molecular weight is 439 g/mol. The fraction of sp³-hybridized carbons (Fsp3) is 0.346. The molecule has 6 nitrogen and oxygen atoms in total. The number of hydrogen-bond acceptors (Lipinski definition) is 6. The van der Waals surface area contributed by atoms with Gasteiger partial charge in [0.15, 0.2) is 17.3 Å². The molecule has 0 fully saturated rings. The maximum Gasteiger partial charge on any atom is 0.174 e. The van der Waals surface area contributed by atoms with Crippen LogP contribution in [0.4, 0.5) is 0 Å². The highest BCUT2D eigenvalue weighted by Crippen LogP contribution is 2.39. The second-order valence-corrected chi connectivity index (χ2v) is 8.35. The molecular formula is C26H30O6. The van der Waals surface area contributed by atoms with Crippen LogP contribution in [0.5, 0.6) is 11.5 Å². The maximum atomic E-state index is 12.9. The van der Waals surface area contributed by atoms with E-state index in [-0.39, 0.29) is 34.6 Å². The van der Waals surface area contributed by atoms with Gasteiger partial charge in [0.2, 0.25) is 0 Å². The highest BCUT2D eigenvalue weighted by Gasteiger charge is 2.41. The number of allylic oxidation sites excluding steroid dienone is 6. The lowest BCUT2D eigenvalue weighted by Crippen LogP contribution is -2.36. The first-order valence-electron chi connectivity index (χ1n) is 10.6. The van der Waals surface area contributed by atoms with Crippen LogP contribution < -0.4 is 4.74 Å². The molecular weight excluding hydrogens is 408 g/mol. The number of aromatic hydroxyl groups is 1. The standard InChI is InChI=1S/C26H30O6/c1-15(2)6-5-7-16(3)8-10-18-20(28)13-24-25(26(18)30)21(29)14-22(32-24)17-9-11-19(27)23(12-17)31-4/h6,8-9,11-14,24-25,27-28,30H,5,7,10H2,1-4H3. The number of hydrogen-bond donors (Lipinski definition) is 3. The summed E-state index contributed by atoms with van der Waals surface area (Å²) < 4.78 is 11.0. The molecule has 1 heterocycles. The molecule has 1 aromatic rings. The van der Waals surface area contributed by atoms with E-state index in [9.17, 15) is 20.1 Å². The van der Waals surface area contributed by atoms with Gasteiger partial charge in [0.1, 0.15) is 29.3 Å². The van der Waals surface area contributed by atoms with E-state index >= 15 is 0 Å². The Morgan fingerprint density at radius 1 is 1.16 bits per heavy atom. The van der Waals surface area contributed by atoms with E-state index in [2.05, 4.69) is 19.9 Å². The van der Waals surface area contributed by atoms with Gasteiger partial charge in [-0.15, -0.1) is 0 Å². The van der Waals surface area contributed by atoms with E-state index in [0.717, 1.165) is 18.4 Å². The van der Waals surface area contributed by atoms with Crippen molar-refractivity contribution >= 4 is 11.5 Å². The zero-order valence-electron chi connectivity index (χ0n) is 18.9. The first-order valence-corrected chi connectivity index (χ1v) is 10.6. The van der Waals surface area contributed by atoms with Gasteiger partial charge in [-0.25, -0.2) is 0 Å². The van der Waals surface area contributed by atoms with E-state index in [1.165, 1.54) is 30.9 Å². The van der Waals surface area contributed by atoms with E-state index < -0.39 is 12.0 Å². The molecule has 32 heavy (non-hydrogen) atoms. The van der Waals surface area contributed by atoms with Crippen molar-refractivity contribution in [3.8, 4) is 11.5 Å². The molecule has 0 aromatic heterocycles. The first kappa shape index (κ1) is 23.3. The normalized spacial score (nSPS) is 20.8. The SMILES string of the molecule is COc1cc(C2=CC(=O)C3C(O)=C(CC=C(C)CCC=C(C)C)C(O)=CC3O2)ccc1O. The molecule has 1 aromatic carbocycles. The third-order valence-electron chi connectivity index (χ3n) is 5.62. The van der Waals surface area contributed by atoms with E-state index in [1.807, 2.05) is 13.0 Å². The van der Waals surface area contributed by atoms with Crippen LogP contribution in [0.3, 0.4) is 0 Å². The van der Waals surface area contributed by atoms with Gasteiger partial charge in [0, 0.05) is 17.2 Å². The second-order valence-electron chi connectivity index (χ2n) is 8.35. The Morgan fingerprint density at radius 2 is 1.91 bits per heavy atom. The van der Waals surface area contributed by atoms with E-state index in [0.29, 0.717) is 17.6 Å². The number of carbonyl (C=O) groups is 1. The number of carbonyl (C=O) groups excluding carboxylic acids is 1. The third-order valence-corrected chi connectivity index (χ3v) is 5.62. The van der Waals surface area contributed by atoms with Crippen molar-refractivity contribution in [3.05, 3.63) is 76.3 Å². The maximum absolute atomic E-state index is 12.9. The van der Waals surface area contributed by atoms with Crippen LogP contribution in [0.25, 0.3) is 5.76 Å². The number of benzene rings is 1. The predicted molar refractivity (Wildman–Crippen MR) is 123 cm³/mol. The van der Waals surface area contributed by atoms with Crippen molar-refractivity contribution in [3.63, 3.8) is 0 Å². The topological polar surface area (TPSA) is 96.2 Å². The molecule has 0 saturated heterocycles. The molecule has 0 saturated carbocycles. The molecule has 6 heteroatoms. The Kier molecular flexibility index (Phi) is 7.13. The van der Waals surface area contributed by atoms with Crippen molar-refractivity contribution in [2.75, 3.05) is 7.11 Å². The number of aliphatic hydroxyl groups is 2. The van der Waals surface area contributed by atoms with Gasteiger partial charge in [-0.1, -0.05) is 23.3 Å². The van der Waals surface area contributed by atoms with Gasteiger partial charge >= 0.3 is 0 Å². The molecule has 2 aliphatic rings. The Hall–Kier alpha value is -3.41. The van der Waals surface area contributed by atoms with Crippen LogP contribution in [0.15, 0.2) is 70.7 Å². The summed E-state index contributed by atoms with van der Waals surface area (Å²) in [6, 6.07) is 4.61. The van der Waals surface area contributed by atoms with Crippen LogP contribution in [0, 0.1) is 5.92 Å². The number of phenols is 1. The number of aliphatic hydroxyl groups excluding tert-OH is 2. The van der Waals surface area contributed by atoms with Crippen LogP contribution >= 0.6 is 0 Å². The molecule has 0 amide bonds. The largest absolute Gasteiger partial charge is 0.511 e. The number of ether oxygens (including phenoxy) is 2. The Labute approximate surface area is 188 Å². The molecule has 1 aliphatic carbocycles. The zero-order valence-corrected chi connectivity index (χ0v) is 18.9.